The molecule has 0 aliphatic heterocycles. The van der Waals surface area contributed by atoms with Crippen LogP contribution in [0, 0.1) is 5.92 Å². The summed E-state index contributed by atoms with van der Waals surface area (Å²) in [5.41, 5.74) is 1.14. The van der Waals surface area contributed by atoms with Gasteiger partial charge in [0.25, 0.3) is 0 Å². The van der Waals surface area contributed by atoms with Gasteiger partial charge >= 0.3 is 0 Å². The minimum atomic E-state index is 0.0354. The van der Waals surface area contributed by atoms with Crippen LogP contribution in [0.1, 0.15) is 25.5 Å². The van der Waals surface area contributed by atoms with Gasteiger partial charge in [0.05, 0.1) is 16.8 Å². The monoisotopic (exact) mass is 300 g/mol. The van der Waals surface area contributed by atoms with Gasteiger partial charge < -0.3 is 5.32 Å². The highest BCUT2D eigenvalue weighted by atomic mass is 32.2. The number of nitrogens with one attached hydrogen (secondary N) is 1. The van der Waals surface area contributed by atoms with Gasteiger partial charge in [-0.25, -0.2) is 4.98 Å². The number of aromatic nitrogens is 1. The molecule has 3 nitrogen and oxygen atoms in total. The maximum Gasteiger partial charge on any atom is 0.230 e. The Bertz CT molecular complexity index is 558. The second-order valence-electron chi connectivity index (χ2n) is 5.16. The molecule has 0 spiro atoms. The number of pyridine rings is 1. The fourth-order valence-corrected chi connectivity index (χ4v) is 2.75. The van der Waals surface area contributed by atoms with E-state index in [-0.39, 0.29) is 11.9 Å². The largest absolute Gasteiger partial charge is 0.348 e. The Morgan fingerprint density at radius 3 is 2.48 bits per heavy atom. The van der Waals surface area contributed by atoms with E-state index in [0.717, 1.165) is 10.6 Å². The van der Waals surface area contributed by atoms with E-state index in [9.17, 15) is 4.79 Å². The van der Waals surface area contributed by atoms with Crippen LogP contribution in [-0.4, -0.2) is 16.6 Å². The van der Waals surface area contributed by atoms with Gasteiger partial charge in [-0.3, -0.25) is 4.79 Å². The predicted octanol–water partition coefficient (Wildman–Crippen LogP) is 3.69. The van der Waals surface area contributed by atoms with Crippen LogP contribution in [0.25, 0.3) is 0 Å². The lowest BCUT2D eigenvalue weighted by molar-refractivity contribution is -0.119. The second-order valence-corrected chi connectivity index (χ2v) is 6.15. The van der Waals surface area contributed by atoms with Crippen molar-refractivity contribution in [3.63, 3.8) is 0 Å². The van der Waals surface area contributed by atoms with E-state index in [1.165, 1.54) is 11.8 Å². The van der Waals surface area contributed by atoms with Gasteiger partial charge in [0.1, 0.15) is 0 Å². The van der Waals surface area contributed by atoms with E-state index >= 15 is 0 Å². The molecule has 1 amide bonds. The Balaban J connectivity index is 1.93. The van der Waals surface area contributed by atoms with Gasteiger partial charge in [-0.2, -0.15) is 0 Å². The average molecular weight is 300 g/mol. The topological polar surface area (TPSA) is 42.0 Å². The average Bonchev–Trinajstić information content (AvgIpc) is 2.52. The molecule has 0 saturated heterocycles. The van der Waals surface area contributed by atoms with Crippen LogP contribution in [0.3, 0.4) is 0 Å². The highest BCUT2D eigenvalue weighted by molar-refractivity contribution is 7.99. The first-order chi connectivity index (χ1) is 10.2. The predicted molar refractivity (Wildman–Crippen MR) is 87.1 cm³/mol. The molecule has 0 aliphatic rings. The summed E-state index contributed by atoms with van der Waals surface area (Å²) >= 11 is 1.45. The number of hydrogen-bond acceptors (Lipinski definition) is 3. The molecule has 110 valence electrons. The van der Waals surface area contributed by atoms with Crippen molar-refractivity contribution in [2.24, 2.45) is 5.92 Å². The Kier molecular flexibility index (Phi) is 5.81. The number of benzene rings is 1. The van der Waals surface area contributed by atoms with E-state index in [4.69, 9.17) is 0 Å². The highest BCUT2D eigenvalue weighted by Gasteiger charge is 2.18. The van der Waals surface area contributed by atoms with Gasteiger partial charge in [0, 0.05) is 6.20 Å². The number of amides is 1. The third kappa shape index (κ3) is 4.90. The van der Waals surface area contributed by atoms with Crippen molar-refractivity contribution in [3.05, 3.63) is 60.3 Å². The molecule has 1 heterocycles. The second kappa shape index (κ2) is 7.84. The SMILES string of the molecule is CC(C)C(NC(=O)CSc1ccccn1)c1ccccc1. The molecular weight excluding hydrogens is 280 g/mol. The third-order valence-corrected chi connectivity index (χ3v) is 4.07. The fourth-order valence-electron chi connectivity index (χ4n) is 2.08. The van der Waals surface area contributed by atoms with Crippen molar-refractivity contribution in [2.75, 3.05) is 5.75 Å². The zero-order chi connectivity index (χ0) is 15.1. The third-order valence-electron chi connectivity index (χ3n) is 3.13. The van der Waals surface area contributed by atoms with E-state index in [2.05, 4.69) is 36.3 Å². The molecule has 0 radical (unpaired) electrons. The van der Waals surface area contributed by atoms with Crippen molar-refractivity contribution in [1.29, 1.82) is 0 Å². The minimum absolute atomic E-state index is 0.0354. The smallest absolute Gasteiger partial charge is 0.230 e. The molecule has 1 aromatic heterocycles. The molecule has 1 aromatic carbocycles. The summed E-state index contributed by atoms with van der Waals surface area (Å²) in [4.78, 5) is 16.4. The van der Waals surface area contributed by atoms with Gasteiger partial charge in [-0.1, -0.05) is 62.0 Å². The lowest BCUT2D eigenvalue weighted by atomic mass is 9.96. The van der Waals surface area contributed by atoms with E-state index < -0.39 is 0 Å². The molecule has 0 saturated carbocycles. The van der Waals surface area contributed by atoms with Gasteiger partial charge in [0.15, 0.2) is 0 Å². The van der Waals surface area contributed by atoms with Crippen molar-refractivity contribution in [3.8, 4) is 0 Å². The Hall–Kier alpha value is -1.81. The maximum atomic E-state index is 12.1. The summed E-state index contributed by atoms with van der Waals surface area (Å²) in [6.45, 7) is 4.23. The number of carbonyl (C=O) groups excluding carboxylic acids is 1. The number of carbonyl (C=O) groups is 1. The van der Waals surface area contributed by atoms with Crippen LogP contribution in [0.2, 0.25) is 0 Å². The minimum Gasteiger partial charge on any atom is -0.348 e. The highest BCUT2D eigenvalue weighted by Crippen LogP contribution is 2.22. The first-order valence-corrected chi connectivity index (χ1v) is 8.03. The van der Waals surface area contributed by atoms with Crippen LogP contribution in [0.15, 0.2) is 59.8 Å². The van der Waals surface area contributed by atoms with Crippen LogP contribution in [-0.2, 0) is 4.79 Å². The molecule has 0 aliphatic carbocycles. The van der Waals surface area contributed by atoms with Crippen LogP contribution >= 0.6 is 11.8 Å². The molecular formula is C17H20N2OS. The normalized spacial score (nSPS) is 12.1. The molecule has 1 unspecified atom stereocenters. The van der Waals surface area contributed by atoms with E-state index in [1.807, 2.05) is 36.4 Å². The standard InChI is InChI=1S/C17H20N2OS/c1-13(2)17(14-8-4-3-5-9-14)19-15(20)12-21-16-10-6-7-11-18-16/h3-11,13,17H,12H2,1-2H3,(H,19,20). The van der Waals surface area contributed by atoms with Crippen molar-refractivity contribution in [2.45, 2.75) is 24.9 Å². The molecule has 1 atom stereocenters. The summed E-state index contributed by atoms with van der Waals surface area (Å²) in [6.07, 6.45) is 1.74. The van der Waals surface area contributed by atoms with Crippen molar-refractivity contribution >= 4 is 17.7 Å². The molecule has 1 N–H and O–H groups in total. The summed E-state index contributed by atoms with van der Waals surface area (Å²) in [5, 5.41) is 3.98. The summed E-state index contributed by atoms with van der Waals surface area (Å²) in [5.74, 6) is 0.761. The summed E-state index contributed by atoms with van der Waals surface area (Å²) < 4.78 is 0. The van der Waals surface area contributed by atoms with E-state index in [1.54, 1.807) is 6.20 Å². The molecule has 21 heavy (non-hydrogen) atoms. The Labute approximate surface area is 130 Å². The number of nitrogens with zero attached hydrogens (tertiary/aromatic N) is 1. The Morgan fingerprint density at radius 1 is 1.14 bits per heavy atom. The molecule has 4 heteroatoms. The summed E-state index contributed by atoms with van der Waals surface area (Å²) in [7, 11) is 0. The fraction of sp³-hybridized carbons (Fsp3) is 0.294. The quantitative estimate of drug-likeness (QED) is 0.827. The van der Waals surface area contributed by atoms with Gasteiger partial charge in [-0.15, -0.1) is 0 Å². The molecule has 2 aromatic rings. The number of hydrogen-bond donors (Lipinski definition) is 1. The molecule has 0 bridgehead atoms. The first kappa shape index (κ1) is 15.6. The Morgan fingerprint density at radius 2 is 1.86 bits per heavy atom. The molecule has 2 rings (SSSR count). The van der Waals surface area contributed by atoms with E-state index in [0.29, 0.717) is 11.7 Å². The lowest BCUT2D eigenvalue weighted by Gasteiger charge is -2.22. The number of rotatable bonds is 6. The van der Waals surface area contributed by atoms with Gasteiger partial charge in [-0.05, 0) is 23.6 Å². The van der Waals surface area contributed by atoms with Crippen LogP contribution < -0.4 is 5.32 Å². The zero-order valence-corrected chi connectivity index (χ0v) is 13.1. The number of thioether (sulfide) groups is 1. The first-order valence-electron chi connectivity index (χ1n) is 7.05. The maximum absolute atomic E-state index is 12.1. The molecule has 0 fully saturated rings. The lowest BCUT2D eigenvalue weighted by Crippen LogP contribution is -2.32. The van der Waals surface area contributed by atoms with Crippen molar-refractivity contribution in [1.82, 2.24) is 10.3 Å². The van der Waals surface area contributed by atoms with Crippen molar-refractivity contribution < 1.29 is 4.79 Å². The zero-order valence-electron chi connectivity index (χ0n) is 12.3. The van der Waals surface area contributed by atoms with Crippen LogP contribution in [0.4, 0.5) is 0 Å². The van der Waals surface area contributed by atoms with Crippen LogP contribution in [0.5, 0.6) is 0 Å². The van der Waals surface area contributed by atoms with Gasteiger partial charge in [0.2, 0.25) is 5.91 Å². The summed E-state index contributed by atoms with van der Waals surface area (Å²) in [6, 6.07) is 15.8.